The monoisotopic (exact) mass is 830 g/mol. The molecule has 8 nitrogen and oxygen atoms in total. The molecule has 0 N–H and O–H groups in total. The summed E-state index contributed by atoms with van der Waals surface area (Å²) in [7, 11) is 0. The minimum atomic E-state index is -2.43. The molecule has 2 aliphatic rings. The molecule has 16 heteroatoms. The summed E-state index contributed by atoms with van der Waals surface area (Å²) in [5.74, 6) is -26.3. The van der Waals surface area contributed by atoms with Crippen molar-refractivity contribution in [2.24, 2.45) is 0 Å². The van der Waals surface area contributed by atoms with Crippen molar-refractivity contribution < 1.29 is 35.1 Å². The number of fused-ring (bicyclic) bond motifs is 2. The fraction of sp³-hybridized carbons (Fsp3) is 0.0870. The summed E-state index contributed by atoms with van der Waals surface area (Å²) >= 11 is 0. The number of hydrogen-bond donors (Lipinski definition) is 0. The van der Waals surface area contributed by atoms with Crippen LogP contribution in [0.5, 0.6) is 0 Å². The Kier molecular flexibility index (Phi) is 10.3. The van der Waals surface area contributed by atoms with Gasteiger partial charge in [0.25, 0.3) is 0 Å². The maximum absolute atomic E-state index is 16.0. The molecule has 0 amide bonds. The first-order valence-electron chi connectivity index (χ1n) is 17.6. The molecule has 5 aromatic rings. The fourth-order valence-electron chi connectivity index (χ4n) is 8.46. The van der Waals surface area contributed by atoms with E-state index in [-0.39, 0.29) is 22.3 Å². The summed E-state index contributed by atoms with van der Waals surface area (Å²) in [6, 6.07) is 26.7. The van der Waals surface area contributed by atoms with Crippen molar-refractivity contribution in [2.45, 2.75) is 23.7 Å². The Morgan fingerprint density at radius 1 is 0.371 bits per heavy atom. The third-order valence-electron chi connectivity index (χ3n) is 10.9. The quantitative estimate of drug-likeness (QED) is 0.119. The number of benzene rings is 5. The van der Waals surface area contributed by atoms with Crippen molar-refractivity contribution in [3.8, 4) is 48.6 Å². The second kappa shape index (κ2) is 15.6. The van der Waals surface area contributed by atoms with Crippen molar-refractivity contribution in [1.82, 2.24) is 0 Å². The number of nitriles is 8. The summed E-state index contributed by atoms with van der Waals surface area (Å²) in [4.78, 5) is 0. The van der Waals surface area contributed by atoms with E-state index in [1.165, 1.54) is 60.7 Å². The first kappa shape index (κ1) is 41.1. The van der Waals surface area contributed by atoms with E-state index in [1.54, 1.807) is 12.1 Å². The van der Waals surface area contributed by atoms with E-state index in [0.717, 1.165) is 12.1 Å². The molecule has 5 aromatic carbocycles. The minimum Gasteiger partial charge on any atom is -0.203 e. The molecule has 0 aliphatic heterocycles. The molecule has 2 aliphatic carbocycles. The Bertz CT molecular complexity index is 3010. The molecular weight excluding hydrogens is 817 g/mol. The third kappa shape index (κ3) is 5.58. The molecule has 0 saturated heterocycles. The number of rotatable bonds is 6. The number of nitrogens with zero attached hydrogens (tertiary/aromatic N) is 8. The van der Waals surface area contributed by atoms with Crippen LogP contribution in [-0.4, -0.2) is 0 Å². The Balaban J connectivity index is 1.71. The zero-order valence-corrected chi connectivity index (χ0v) is 30.7. The Morgan fingerprint density at radius 3 is 0.903 bits per heavy atom. The van der Waals surface area contributed by atoms with E-state index in [1.807, 2.05) is 24.3 Å². The first-order chi connectivity index (χ1) is 29.8. The smallest absolute Gasteiger partial charge is 0.180 e. The Labute approximate surface area is 345 Å². The molecule has 0 bridgehead atoms. The van der Waals surface area contributed by atoms with Gasteiger partial charge in [0.05, 0.1) is 46.2 Å². The van der Waals surface area contributed by atoms with Crippen molar-refractivity contribution in [1.29, 1.82) is 42.1 Å². The molecule has 0 heterocycles. The van der Waals surface area contributed by atoms with Crippen LogP contribution >= 0.6 is 0 Å². The van der Waals surface area contributed by atoms with Crippen LogP contribution < -0.4 is 0 Å². The van der Waals surface area contributed by atoms with Gasteiger partial charge in [0, 0.05) is 34.1 Å². The second-order valence-electron chi connectivity index (χ2n) is 13.6. The van der Waals surface area contributed by atoms with Crippen LogP contribution in [0.3, 0.4) is 0 Å². The summed E-state index contributed by atoms with van der Waals surface area (Å²) in [6.45, 7) is 0. The number of hydrogen-bond acceptors (Lipinski definition) is 8. The van der Waals surface area contributed by atoms with Crippen molar-refractivity contribution >= 4 is 22.3 Å². The predicted molar refractivity (Wildman–Crippen MR) is 198 cm³/mol. The number of halogens is 8. The van der Waals surface area contributed by atoms with Crippen molar-refractivity contribution in [2.75, 3.05) is 0 Å². The highest BCUT2D eigenvalue weighted by Gasteiger charge is 2.51. The van der Waals surface area contributed by atoms with Gasteiger partial charge in [-0.1, -0.05) is 60.7 Å². The van der Waals surface area contributed by atoms with Crippen molar-refractivity contribution in [3.63, 3.8) is 0 Å². The van der Waals surface area contributed by atoms with Gasteiger partial charge in [0.1, 0.15) is 47.5 Å². The molecule has 4 unspecified atom stereocenters. The third-order valence-corrected chi connectivity index (χ3v) is 10.9. The first-order valence-corrected chi connectivity index (χ1v) is 17.6. The van der Waals surface area contributed by atoms with Gasteiger partial charge in [0.15, 0.2) is 46.5 Å². The molecule has 7 rings (SSSR count). The van der Waals surface area contributed by atoms with Gasteiger partial charge in [-0.05, 0) is 33.4 Å². The lowest BCUT2D eigenvalue weighted by Crippen LogP contribution is -2.20. The maximum Gasteiger partial charge on any atom is 0.180 e. The Hall–Kier alpha value is -9.06. The van der Waals surface area contributed by atoms with Gasteiger partial charge >= 0.3 is 0 Å². The van der Waals surface area contributed by atoms with Gasteiger partial charge in [-0.2, -0.15) is 42.1 Å². The van der Waals surface area contributed by atoms with Crippen LogP contribution in [0.1, 0.15) is 90.4 Å². The normalized spacial score (nSPS) is 15.7. The van der Waals surface area contributed by atoms with Gasteiger partial charge in [0.2, 0.25) is 0 Å². The SMILES string of the molecule is N#CC1=C(c2ccccc2)C(C(C#N)c2c(F)c(F)c(C#N)c(F)c2F)c2c(C#N)c3c(c(C#N)c21)C(C(C#N)c1c(F)c(F)c(C#N)c(F)c1F)C(c1ccccc1)=C3C#N. The topological polar surface area (TPSA) is 190 Å². The fourth-order valence-corrected chi connectivity index (χ4v) is 8.46. The van der Waals surface area contributed by atoms with Gasteiger partial charge in [-0.15, -0.1) is 0 Å². The van der Waals surface area contributed by atoms with Crippen LogP contribution in [0.4, 0.5) is 35.1 Å². The van der Waals surface area contributed by atoms with Crippen LogP contribution in [-0.2, 0) is 0 Å². The molecular formula is C46H14F8N8. The van der Waals surface area contributed by atoms with E-state index < -0.39 is 137 Å². The van der Waals surface area contributed by atoms with Crippen LogP contribution in [0, 0.1) is 137 Å². The maximum atomic E-state index is 16.0. The highest BCUT2D eigenvalue weighted by atomic mass is 19.2. The predicted octanol–water partition coefficient (Wildman–Crippen LogP) is 9.96. The molecule has 0 fully saturated rings. The van der Waals surface area contributed by atoms with Gasteiger partial charge in [-0.3, -0.25) is 0 Å². The lowest BCUT2D eigenvalue weighted by atomic mass is 9.72. The second-order valence-corrected chi connectivity index (χ2v) is 13.6. The summed E-state index contributed by atoms with van der Waals surface area (Å²) in [5.41, 5.74) is -11.9. The molecule has 0 spiro atoms. The average molecular weight is 831 g/mol. The molecule has 62 heavy (non-hydrogen) atoms. The molecule has 0 radical (unpaired) electrons. The zero-order valence-electron chi connectivity index (χ0n) is 30.7. The lowest BCUT2D eigenvalue weighted by molar-refractivity contribution is 0.428. The minimum absolute atomic E-state index is 0.00833. The number of allylic oxidation sites excluding steroid dienone is 4. The van der Waals surface area contributed by atoms with E-state index in [0.29, 0.717) is 0 Å². The van der Waals surface area contributed by atoms with E-state index in [9.17, 15) is 42.1 Å². The molecule has 294 valence electrons. The van der Waals surface area contributed by atoms with Crippen molar-refractivity contribution in [3.05, 3.63) is 174 Å². The summed E-state index contributed by atoms with van der Waals surface area (Å²) in [5, 5.41) is 83.9. The van der Waals surface area contributed by atoms with Crippen LogP contribution in [0.2, 0.25) is 0 Å². The Morgan fingerprint density at radius 2 is 0.661 bits per heavy atom. The molecule has 0 saturated carbocycles. The highest BCUT2D eigenvalue weighted by Crippen LogP contribution is 2.62. The van der Waals surface area contributed by atoms with Crippen LogP contribution in [0.15, 0.2) is 60.7 Å². The standard InChI is InChI=1S/C46H14F8N8/c47-39-27(17-61)40(48)44(52)37(43(39)51)25(15-59)33-29(19-7-3-1-4-8-19)21(11-55)31-23(13-57)36-32(24(14-58)35(31)33)22(12-56)30(20-9-5-2-6-10-20)34(36)26(16-60)38-45(53)41(49)28(18-62)42(50)46(38)54/h1-10,25-26,33-34H. The average Bonchev–Trinajstić information content (AvgIpc) is 3.81. The molecule has 0 aromatic heterocycles. The lowest BCUT2D eigenvalue weighted by Gasteiger charge is -2.27. The van der Waals surface area contributed by atoms with E-state index >= 15 is 35.1 Å². The van der Waals surface area contributed by atoms with Gasteiger partial charge < -0.3 is 0 Å². The molecule has 4 atom stereocenters. The highest BCUT2D eigenvalue weighted by molar-refractivity contribution is 6.13. The van der Waals surface area contributed by atoms with E-state index in [2.05, 4.69) is 0 Å². The largest absolute Gasteiger partial charge is 0.203 e. The van der Waals surface area contributed by atoms with Gasteiger partial charge in [-0.25, -0.2) is 35.1 Å². The summed E-state index contributed by atoms with van der Waals surface area (Å²) < 4.78 is 125. The van der Waals surface area contributed by atoms with Crippen LogP contribution in [0.25, 0.3) is 22.3 Å². The van der Waals surface area contributed by atoms with E-state index in [4.69, 9.17) is 0 Å². The zero-order chi connectivity index (χ0) is 44.9. The summed E-state index contributed by atoms with van der Waals surface area (Å²) in [6.07, 6.45) is 0.